The Morgan fingerprint density at radius 2 is 1.68 bits per heavy atom. The molecule has 0 spiro atoms. The number of hydrogen-bond donors (Lipinski definition) is 0. The van der Waals surface area contributed by atoms with Gasteiger partial charge in [-0.05, 0) is 48.1 Å². The lowest BCUT2D eigenvalue weighted by Crippen LogP contribution is -2.30. The molecule has 0 bridgehead atoms. The molecule has 3 aromatic rings. The summed E-state index contributed by atoms with van der Waals surface area (Å²) in [4.78, 5) is 31.1. The molecule has 7 heteroatoms. The van der Waals surface area contributed by atoms with Crippen LogP contribution in [0, 0.1) is 0 Å². The van der Waals surface area contributed by atoms with Gasteiger partial charge in [-0.25, -0.2) is 0 Å². The standard InChI is InChI=1S/C27H26N2O2S3/c30-25(29(22-13-6-2-7-14-22)20-21-11-4-1-5-12-21)16-8-3-9-17-28-26(31)24(34-27(28)32)19-23-15-10-18-33-23/h1-2,4-7,10-15,18-19H,3,8-9,16-17,20H2. The van der Waals surface area contributed by atoms with Crippen molar-refractivity contribution in [2.75, 3.05) is 11.4 Å². The summed E-state index contributed by atoms with van der Waals surface area (Å²) < 4.78 is 0.613. The Balaban J connectivity index is 1.27. The number of carbonyl (C=O) groups excluding carboxylic acids is 2. The first-order valence-electron chi connectivity index (χ1n) is 11.3. The van der Waals surface area contributed by atoms with Crippen molar-refractivity contribution in [2.45, 2.75) is 32.2 Å². The van der Waals surface area contributed by atoms with Crippen LogP contribution in [-0.2, 0) is 16.1 Å². The molecule has 0 unspecified atom stereocenters. The van der Waals surface area contributed by atoms with E-state index in [0.717, 1.165) is 35.4 Å². The van der Waals surface area contributed by atoms with Gasteiger partial charge in [-0.2, -0.15) is 0 Å². The number of thiophene rings is 1. The van der Waals surface area contributed by atoms with Crippen molar-refractivity contribution in [3.05, 3.63) is 93.5 Å². The third kappa shape index (κ3) is 6.44. The second-order valence-corrected chi connectivity index (χ2v) is 10.6. The number of thioether (sulfide) groups is 1. The van der Waals surface area contributed by atoms with Crippen LogP contribution < -0.4 is 4.90 Å². The summed E-state index contributed by atoms with van der Waals surface area (Å²) in [7, 11) is 0. The monoisotopic (exact) mass is 506 g/mol. The molecular weight excluding hydrogens is 481 g/mol. The van der Waals surface area contributed by atoms with E-state index in [4.69, 9.17) is 12.2 Å². The number of benzene rings is 2. The Hall–Kier alpha value is -2.74. The molecule has 34 heavy (non-hydrogen) atoms. The van der Waals surface area contributed by atoms with Crippen molar-refractivity contribution in [3.63, 3.8) is 0 Å². The van der Waals surface area contributed by atoms with Crippen molar-refractivity contribution in [2.24, 2.45) is 0 Å². The third-order valence-electron chi connectivity index (χ3n) is 5.51. The number of nitrogens with zero attached hydrogens (tertiary/aromatic N) is 2. The van der Waals surface area contributed by atoms with Gasteiger partial charge in [0.25, 0.3) is 5.91 Å². The van der Waals surface area contributed by atoms with Crippen LogP contribution in [0.3, 0.4) is 0 Å². The van der Waals surface area contributed by atoms with Crippen molar-refractivity contribution >= 4 is 63.2 Å². The molecule has 0 atom stereocenters. The van der Waals surface area contributed by atoms with Crippen LogP contribution in [0.15, 0.2) is 83.1 Å². The molecule has 1 fully saturated rings. The number of amides is 2. The van der Waals surface area contributed by atoms with E-state index < -0.39 is 0 Å². The molecule has 1 saturated heterocycles. The van der Waals surface area contributed by atoms with Gasteiger partial charge < -0.3 is 4.90 Å². The van der Waals surface area contributed by atoms with Crippen LogP contribution in [-0.4, -0.2) is 27.6 Å². The number of anilines is 1. The molecule has 2 aromatic carbocycles. The zero-order chi connectivity index (χ0) is 23.8. The van der Waals surface area contributed by atoms with E-state index in [1.807, 2.05) is 89.2 Å². The van der Waals surface area contributed by atoms with Gasteiger partial charge in [-0.3, -0.25) is 14.5 Å². The van der Waals surface area contributed by atoms with Crippen LogP contribution in [0.25, 0.3) is 6.08 Å². The average molecular weight is 507 g/mol. The Bertz CT molecular complexity index is 1150. The minimum atomic E-state index is -0.0161. The summed E-state index contributed by atoms with van der Waals surface area (Å²) in [6.45, 7) is 1.14. The fraction of sp³-hybridized carbons (Fsp3) is 0.222. The highest BCUT2D eigenvalue weighted by atomic mass is 32.2. The maximum Gasteiger partial charge on any atom is 0.266 e. The van der Waals surface area contributed by atoms with E-state index in [2.05, 4.69) is 0 Å². The normalized spacial score (nSPS) is 14.7. The molecule has 0 radical (unpaired) electrons. The van der Waals surface area contributed by atoms with E-state index >= 15 is 0 Å². The predicted molar refractivity (Wildman–Crippen MR) is 147 cm³/mol. The summed E-state index contributed by atoms with van der Waals surface area (Å²) in [6, 6.07) is 23.8. The first kappa shape index (κ1) is 24.4. The van der Waals surface area contributed by atoms with Crippen LogP contribution in [0.4, 0.5) is 5.69 Å². The summed E-state index contributed by atoms with van der Waals surface area (Å²) >= 11 is 8.40. The topological polar surface area (TPSA) is 40.6 Å². The fourth-order valence-corrected chi connectivity index (χ4v) is 5.78. The Labute approximate surface area is 214 Å². The lowest BCUT2D eigenvalue weighted by atomic mass is 10.1. The van der Waals surface area contributed by atoms with Gasteiger partial charge in [0.15, 0.2) is 0 Å². The Morgan fingerprint density at radius 3 is 2.38 bits per heavy atom. The van der Waals surface area contributed by atoms with E-state index in [1.165, 1.54) is 11.8 Å². The number of thiocarbonyl (C=S) groups is 1. The fourth-order valence-electron chi connectivity index (χ4n) is 3.75. The molecule has 4 nitrogen and oxygen atoms in total. The molecule has 2 heterocycles. The molecule has 4 rings (SSSR count). The second-order valence-electron chi connectivity index (χ2n) is 7.96. The van der Waals surface area contributed by atoms with E-state index in [0.29, 0.717) is 28.7 Å². The Morgan fingerprint density at radius 1 is 0.941 bits per heavy atom. The lowest BCUT2D eigenvalue weighted by Gasteiger charge is -2.23. The van der Waals surface area contributed by atoms with E-state index in [-0.39, 0.29) is 11.8 Å². The number of rotatable bonds is 10. The maximum atomic E-state index is 13.1. The first-order chi connectivity index (χ1) is 16.6. The first-order valence-corrected chi connectivity index (χ1v) is 13.4. The maximum absolute atomic E-state index is 13.1. The number of para-hydroxylation sites is 1. The third-order valence-corrected chi connectivity index (χ3v) is 7.71. The van der Waals surface area contributed by atoms with Gasteiger partial charge in [-0.1, -0.05) is 85.0 Å². The zero-order valence-electron chi connectivity index (χ0n) is 18.8. The van der Waals surface area contributed by atoms with E-state index in [9.17, 15) is 9.59 Å². The quantitative estimate of drug-likeness (QED) is 0.173. The van der Waals surface area contributed by atoms with Crippen LogP contribution in [0.2, 0.25) is 0 Å². The van der Waals surface area contributed by atoms with Crippen molar-refractivity contribution in [1.82, 2.24) is 4.90 Å². The smallest absolute Gasteiger partial charge is 0.266 e. The van der Waals surface area contributed by atoms with Gasteiger partial charge in [0.1, 0.15) is 4.32 Å². The number of hydrogen-bond acceptors (Lipinski definition) is 5. The highest BCUT2D eigenvalue weighted by Gasteiger charge is 2.31. The second kappa shape index (κ2) is 12.1. The number of unbranched alkanes of at least 4 members (excludes halogenated alkanes) is 2. The minimum Gasteiger partial charge on any atom is -0.308 e. The highest BCUT2D eigenvalue weighted by Crippen LogP contribution is 2.33. The van der Waals surface area contributed by atoms with Gasteiger partial charge >= 0.3 is 0 Å². The molecule has 174 valence electrons. The van der Waals surface area contributed by atoms with Crippen molar-refractivity contribution in [3.8, 4) is 0 Å². The van der Waals surface area contributed by atoms with Gasteiger partial charge in [0, 0.05) is 23.5 Å². The summed E-state index contributed by atoms with van der Waals surface area (Å²) in [6.07, 6.45) is 4.83. The molecule has 0 N–H and O–H groups in total. The molecule has 0 aliphatic carbocycles. The zero-order valence-corrected chi connectivity index (χ0v) is 21.2. The molecule has 0 saturated carbocycles. The highest BCUT2D eigenvalue weighted by molar-refractivity contribution is 8.26. The molecule has 1 aliphatic heterocycles. The van der Waals surface area contributed by atoms with Gasteiger partial charge in [0.2, 0.25) is 5.91 Å². The summed E-state index contributed by atoms with van der Waals surface area (Å²) in [5.74, 6) is 0.0946. The molecule has 1 aromatic heterocycles. The van der Waals surface area contributed by atoms with Gasteiger partial charge in [-0.15, -0.1) is 11.3 Å². The predicted octanol–water partition coefficient (Wildman–Crippen LogP) is 6.74. The average Bonchev–Trinajstić information content (AvgIpc) is 3.47. The van der Waals surface area contributed by atoms with Crippen LogP contribution in [0.5, 0.6) is 0 Å². The molecular formula is C27H26N2O2S3. The molecule has 2 amide bonds. The number of carbonyl (C=O) groups is 2. The van der Waals surface area contributed by atoms with E-state index in [1.54, 1.807) is 16.2 Å². The minimum absolute atomic E-state index is 0.0161. The molecule has 1 aliphatic rings. The lowest BCUT2D eigenvalue weighted by molar-refractivity contribution is -0.122. The van der Waals surface area contributed by atoms with Crippen molar-refractivity contribution in [1.29, 1.82) is 0 Å². The van der Waals surface area contributed by atoms with Crippen LogP contribution in [0.1, 0.15) is 36.1 Å². The van der Waals surface area contributed by atoms with Crippen LogP contribution >= 0.6 is 35.3 Å². The summed E-state index contributed by atoms with van der Waals surface area (Å²) in [5.41, 5.74) is 2.01. The summed E-state index contributed by atoms with van der Waals surface area (Å²) in [5, 5.41) is 1.99. The Kier molecular flexibility index (Phi) is 8.68. The largest absolute Gasteiger partial charge is 0.308 e. The SMILES string of the molecule is O=C1C(=Cc2cccs2)SC(=S)N1CCCCCC(=O)N(Cc1ccccc1)c1ccccc1. The van der Waals surface area contributed by atoms with Gasteiger partial charge in [0.05, 0.1) is 11.4 Å². The van der Waals surface area contributed by atoms with Crippen molar-refractivity contribution < 1.29 is 9.59 Å².